The molecule has 3 rings (SSSR count). The Morgan fingerprint density at radius 1 is 1.08 bits per heavy atom. The molecule has 0 spiro atoms. The van der Waals surface area contributed by atoms with Gasteiger partial charge in [0.1, 0.15) is 5.75 Å². The third-order valence-electron chi connectivity index (χ3n) is 3.57. The summed E-state index contributed by atoms with van der Waals surface area (Å²) in [5, 5.41) is 5.94. The Labute approximate surface area is 143 Å². The van der Waals surface area contributed by atoms with Crippen molar-refractivity contribution in [2.75, 3.05) is 19.5 Å². The maximum atomic E-state index is 13.8. The predicted molar refractivity (Wildman–Crippen MR) is 94.4 cm³/mol. The fourth-order valence-corrected chi connectivity index (χ4v) is 3.05. The molecule has 0 bridgehead atoms. The molecule has 0 saturated heterocycles. The van der Waals surface area contributed by atoms with E-state index in [1.807, 2.05) is 29.6 Å². The van der Waals surface area contributed by atoms with E-state index in [0.717, 1.165) is 27.7 Å². The Morgan fingerprint density at radius 3 is 2.62 bits per heavy atom. The summed E-state index contributed by atoms with van der Waals surface area (Å²) >= 11 is 1.48. The number of nitrogens with one attached hydrogen (secondary N) is 1. The summed E-state index contributed by atoms with van der Waals surface area (Å²) in [5.74, 6) is 0.661. The first-order chi connectivity index (χ1) is 11.7. The van der Waals surface area contributed by atoms with Crippen molar-refractivity contribution in [3.05, 3.63) is 59.2 Å². The van der Waals surface area contributed by atoms with Crippen LogP contribution in [0.2, 0.25) is 0 Å². The number of benzene rings is 2. The van der Waals surface area contributed by atoms with Crippen molar-refractivity contribution in [1.82, 2.24) is 4.98 Å². The summed E-state index contributed by atoms with van der Waals surface area (Å²) in [5.41, 5.74) is 2.49. The minimum Gasteiger partial charge on any atom is -0.496 e. The van der Waals surface area contributed by atoms with Crippen molar-refractivity contribution in [3.63, 3.8) is 0 Å². The number of halogens is 1. The van der Waals surface area contributed by atoms with Gasteiger partial charge >= 0.3 is 0 Å². The van der Waals surface area contributed by atoms with Crippen molar-refractivity contribution in [3.8, 4) is 22.8 Å². The Hall–Kier alpha value is -2.60. The van der Waals surface area contributed by atoms with Gasteiger partial charge in [-0.2, -0.15) is 0 Å². The maximum absolute atomic E-state index is 13.8. The highest BCUT2D eigenvalue weighted by Crippen LogP contribution is 2.29. The molecule has 1 N–H and O–H groups in total. The standard InChI is InChI=1S/C18H17FN2O2S/c1-22-16-6-4-3-5-13(16)10-20-18-21-15(11-24-18)12-7-8-17(23-2)14(19)9-12/h3-9,11H,10H2,1-2H3,(H,20,21). The largest absolute Gasteiger partial charge is 0.496 e. The molecule has 0 aliphatic rings. The van der Waals surface area contributed by atoms with E-state index >= 15 is 0 Å². The van der Waals surface area contributed by atoms with Gasteiger partial charge in [0.05, 0.1) is 19.9 Å². The summed E-state index contributed by atoms with van der Waals surface area (Å²) in [4.78, 5) is 4.51. The SMILES string of the molecule is COc1ccc(-c2csc(NCc3ccccc3OC)n2)cc1F. The smallest absolute Gasteiger partial charge is 0.183 e. The molecule has 0 fully saturated rings. The van der Waals surface area contributed by atoms with Gasteiger partial charge in [0.15, 0.2) is 16.7 Å². The molecule has 3 aromatic rings. The Morgan fingerprint density at radius 2 is 1.88 bits per heavy atom. The van der Waals surface area contributed by atoms with Gasteiger partial charge in [0.25, 0.3) is 0 Å². The Balaban J connectivity index is 1.73. The second-order valence-electron chi connectivity index (χ2n) is 5.05. The van der Waals surface area contributed by atoms with Gasteiger partial charge in [-0.25, -0.2) is 9.37 Å². The predicted octanol–water partition coefficient (Wildman–Crippen LogP) is 4.58. The summed E-state index contributed by atoms with van der Waals surface area (Å²) in [6.07, 6.45) is 0. The second kappa shape index (κ2) is 7.31. The zero-order valence-corrected chi connectivity index (χ0v) is 14.2. The fraction of sp³-hybridized carbons (Fsp3) is 0.167. The van der Waals surface area contributed by atoms with Gasteiger partial charge in [0, 0.05) is 23.1 Å². The molecular formula is C18H17FN2O2S. The van der Waals surface area contributed by atoms with E-state index in [0.29, 0.717) is 6.54 Å². The first-order valence-corrected chi connectivity index (χ1v) is 8.24. The number of methoxy groups -OCH3 is 2. The summed E-state index contributed by atoms with van der Waals surface area (Å²) in [7, 11) is 3.10. The molecule has 4 nitrogen and oxygen atoms in total. The Bertz CT molecular complexity index is 835. The lowest BCUT2D eigenvalue weighted by atomic mass is 10.1. The van der Waals surface area contributed by atoms with Crippen LogP contribution in [0.4, 0.5) is 9.52 Å². The minimum atomic E-state index is -0.397. The Kier molecular flexibility index (Phi) is 4.96. The number of hydrogen-bond donors (Lipinski definition) is 1. The van der Waals surface area contributed by atoms with Crippen molar-refractivity contribution >= 4 is 16.5 Å². The first-order valence-electron chi connectivity index (χ1n) is 7.36. The molecule has 124 valence electrons. The van der Waals surface area contributed by atoms with Gasteiger partial charge in [0.2, 0.25) is 0 Å². The van der Waals surface area contributed by atoms with Gasteiger partial charge in [-0.15, -0.1) is 11.3 Å². The second-order valence-corrected chi connectivity index (χ2v) is 5.91. The van der Waals surface area contributed by atoms with E-state index in [2.05, 4.69) is 10.3 Å². The maximum Gasteiger partial charge on any atom is 0.183 e. The average molecular weight is 344 g/mol. The number of para-hydroxylation sites is 1. The molecule has 0 unspecified atom stereocenters. The van der Waals surface area contributed by atoms with E-state index in [1.54, 1.807) is 19.2 Å². The van der Waals surface area contributed by atoms with Crippen LogP contribution in [-0.4, -0.2) is 19.2 Å². The number of hydrogen-bond acceptors (Lipinski definition) is 5. The molecule has 0 aliphatic carbocycles. The number of anilines is 1. The number of rotatable bonds is 6. The highest BCUT2D eigenvalue weighted by Gasteiger charge is 2.09. The molecule has 0 radical (unpaired) electrons. The molecule has 0 atom stereocenters. The lowest BCUT2D eigenvalue weighted by Crippen LogP contribution is -2.01. The van der Waals surface area contributed by atoms with E-state index < -0.39 is 5.82 Å². The number of thiazole rings is 1. The van der Waals surface area contributed by atoms with Gasteiger partial charge in [-0.3, -0.25) is 0 Å². The van der Waals surface area contributed by atoms with Crippen molar-refractivity contribution in [2.45, 2.75) is 6.54 Å². The van der Waals surface area contributed by atoms with Crippen LogP contribution in [0.25, 0.3) is 11.3 Å². The van der Waals surface area contributed by atoms with Gasteiger partial charge < -0.3 is 14.8 Å². The van der Waals surface area contributed by atoms with Crippen LogP contribution in [0.1, 0.15) is 5.56 Å². The van der Waals surface area contributed by atoms with Crippen LogP contribution in [0.3, 0.4) is 0 Å². The summed E-state index contributed by atoms with van der Waals surface area (Å²) in [6, 6.07) is 12.6. The molecule has 1 heterocycles. The number of nitrogens with zero attached hydrogens (tertiary/aromatic N) is 1. The van der Waals surface area contributed by atoms with Crippen LogP contribution < -0.4 is 14.8 Å². The van der Waals surface area contributed by atoms with E-state index in [9.17, 15) is 4.39 Å². The van der Waals surface area contributed by atoms with Crippen molar-refractivity contribution in [1.29, 1.82) is 0 Å². The third-order valence-corrected chi connectivity index (χ3v) is 4.37. The average Bonchev–Trinajstić information content (AvgIpc) is 3.09. The monoisotopic (exact) mass is 344 g/mol. The minimum absolute atomic E-state index is 0.225. The summed E-state index contributed by atoms with van der Waals surface area (Å²) in [6.45, 7) is 0.605. The van der Waals surface area contributed by atoms with Crippen LogP contribution in [0.5, 0.6) is 11.5 Å². The highest BCUT2D eigenvalue weighted by molar-refractivity contribution is 7.14. The van der Waals surface area contributed by atoms with Gasteiger partial charge in [-0.05, 0) is 24.3 Å². The lowest BCUT2D eigenvalue weighted by Gasteiger charge is -2.08. The molecule has 1 aromatic heterocycles. The van der Waals surface area contributed by atoms with E-state index in [1.165, 1.54) is 24.5 Å². The third kappa shape index (κ3) is 3.49. The van der Waals surface area contributed by atoms with E-state index in [4.69, 9.17) is 9.47 Å². The lowest BCUT2D eigenvalue weighted by molar-refractivity contribution is 0.386. The molecule has 6 heteroatoms. The molecule has 0 amide bonds. The van der Waals surface area contributed by atoms with Crippen LogP contribution in [-0.2, 0) is 6.54 Å². The zero-order valence-electron chi connectivity index (χ0n) is 13.4. The van der Waals surface area contributed by atoms with E-state index in [-0.39, 0.29) is 5.75 Å². The van der Waals surface area contributed by atoms with Gasteiger partial charge in [-0.1, -0.05) is 18.2 Å². The molecule has 0 aliphatic heterocycles. The van der Waals surface area contributed by atoms with Crippen LogP contribution in [0, 0.1) is 5.82 Å². The summed E-state index contributed by atoms with van der Waals surface area (Å²) < 4.78 is 24.1. The first kappa shape index (κ1) is 16.3. The molecule has 0 saturated carbocycles. The quantitative estimate of drug-likeness (QED) is 0.711. The highest BCUT2D eigenvalue weighted by atomic mass is 32.1. The number of aromatic nitrogens is 1. The van der Waals surface area contributed by atoms with Crippen molar-refractivity contribution < 1.29 is 13.9 Å². The van der Waals surface area contributed by atoms with Crippen molar-refractivity contribution in [2.24, 2.45) is 0 Å². The topological polar surface area (TPSA) is 43.4 Å². The van der Waals surface area contributed by atoms with Crippen LogP contribution in [0.15, 0.2) is 47.8 Å². The van der Waals surface area contributed by atoms with Crippen LogP contribution >= 0.6 is 11.3 Å². The fourth-order valence-electron chi connectivity index (χ4n) is 2.33. The normalized spacial score (nSPS) is 10.5. The zero-order chi connectivity index (χ0) is 16.9. The number of ether oxygens (including phenoxy) is 2. The molecule has 24 heavy (non-hydrogen) atoms. The molecule has 2 aromatic carbocycles. The molecular weight excluding hydrogens is 327 g/mol.